The molecular formula is C85H142O16P2. The summed E-state index contributed by atoms with van der Waals surface area (Å²) in [6.07, 6.45) is 95.6. The minimum Gasteiger partial charge on any atom is -0.463 e. The molecule has 0 rings (SSSR count). The Morgan fingerprint density at radius 1 is 0.282 bits per heavy atom. The standard InChI is InChI=1S/C85H142O16P2/c1-4-7-10-13-16-19-22-25-28-30-32-34-36-38-39-41-43-44-46-48-51-53-56-59-62-65-68-71-83(88)95-74-80(86)75-97-102(91,92)98-76-81(87)77-99-103(93,94)100-79-82(101-85(90)73-70-67-64-61-58-55-50-27-24-21-18-15-12-9-6-3)78-96-84(89)72-69-66-63-60-57-54-52-49-47-45-42-40-37-35-33-31-29-26-23-20-17-14-11-8-5-2/h7-8,10-11,16-17,19-20,25-29,32-35,38-40,42-44,47,49-50,80-82,86-87H,4-6,9,12-15,18,21-24,30-31,36-37,41,45-46,48,51-79H2,1-3H3,(H,91,92)(H,93,94)/b10-7-,11-8-,19-16-,20-17-,28-25-,29-26-,34-32-,35-33-,39-38-,42-40-,44-43-,49-47-,50-27-. The summed E-state index contributed by atoms with van der Waals surface area (Å²) in [5.74, 6) is -1.61. The molecule has 0 aliphatic carbocycles. The number of hydrogen-bond donors (Lipinski definition) is 4. The summed E-state index contributed by atoms with van der Waals surface area (Å²) in [4.78, 5) is 58.7. The monoisotopic (exact) mass is 1480 g/mol. The number of esters is 3. The smallest absolute Gasteiger partial charge is 0.463 e. The average molecular weight is 1480 g/mol. The van der Waals surface area contributed by atoms with Gasteiger partial charge in [0.2, 0.25) is 0 Å². The predicted molar refractivity (Wildman–Crippen MR) is 426 cm³/mol. The van der Waals surface area contributed by atoms with Gasteiger partial charge in [0.25, 0.3) is 0 Å². The highest BCUT2D eigenvalue weighted by molar-refractivity contribution is 7.47. The van der Waals surface area contributed by atoms with Crippen LogP contribution in [0.15, 0.2) is 158 Å². The van der Waals surface area contributed by atoms with Crippen molar-refractivity contribution in [3.8, 4) is 0 Å². The van der Waals surface area contributed by atoms with E-state index in [2.05, 4.69) is 179 Å². The molecule has 103 heavy (non-hydrogen) atoms. The highest BCUT2D eigenvalue weighted by Crippen LogP contribution is 2.45. The molecule has 0 saturated carbocycles. The molecule has 4 N–H and O–H groups in total. The Morgan fingerprint density at radius 3 is 0.825 bits per heavy atom. The number of unbranched alkanes of at least 4 members (excludes halogenated alkanes) is 25. The summed E-state index contributed by atoms with van der Waals surface area (Å²) in [7, 11) is -9.81. The van der Waals surface area contributed by atoms with Gasteiger partial charge in [-0.1, -0.05) is 294 Å². The molecule has 0 heterocycles. The van der Waals surface area contributed by atoms with Crippen LogP contribution in [0.4, 0.5) is 0 Å². The highest BCUT2D eigenvalue weighted by Gasteiger charge is 2.29. The molecule has 0 radical (unpaired) electrons. The average Bonchev–Trinajstić information content (AvgIpc) is 0.922. The number of aliphatic hydroxyl groups excluding tert-OH is 2. The molecule has 5 atom stereocenters. The van der Waals surface area contributed by atoms with Gasteiger partial charge in [0, 0.05) is 19.3 Å². The van der Waals surface area contributed by atoms with Gasteiger partial charge in [-0.25, -0.2) is 9.13 Å². The number of rotatable bonds is 74. The number of aliphatic hydroxyl groups is 2. The lowest BCUT2D eigenvalue weighted by Gasteiger charge is -2.21. The molecule has 0 aromatic rings. The van der Waals surface area contributed by atoms with Crippen molar-refractivity contribution in [2.45, 2.75) is 322 Å². The van der Waals surface area contributed by atoms with Gasteiger partial charge in [-0.05, 0) is 148 Å². The summed E-state index contributed by atoms with van der Waals surface area (Å²) in [5, 5.41) is 20.6. The molecule has 0 aliphatic heterocycles. The number of hydrogen-bond acceptors (Lipinski definition) is 14. The molecule has 0 aromatic heterocycles. The van der Waals surface area contributed by atoms with Crippen molar-refractivity contribution in [2.24, 2.45) is 0 Å². The fourth-order valence-corrected chi connectivity index (χ4v) is 11.8. The van der Waals surface area contributed by atoms with Crippen molar-refractivity contribution in [3.63, 3.8) is 0 Å². The van der Waals surface area contributed by atoms with Crippen molar-refractivity contribution in [2.75, 3.05) is 39.6 Å². The Labute approximate surface area is 625 Å². The van der Waals surface area contributed by atoms with Crippen LogP contribution in [0.2, 0.25) is 0 Å². The van der Waals surface area contributed by atoms with Crippen molar-refractivity contribution in [3.05, 3.63) is 158 Å². The number of phosphoric ester groups is 2. The Bertz CT molecular complexity index is 2500. The summed E-state index contributed by atoms with van der Waals surface area (Å²) in [5.41, 5.74) is 0. The summed E-state index contributed by atoms with van der Waals surface area (Å²) in [6, 6.07) is 0. The van der Waals surface area contributed by atoms with E-state index >= 15 is 0 Å². The van der Waals surface area contributed by atoms with Gasteiger partial charge >= 0.3 is 33.6 Å². The molecule has 0 amide bonds. The Balaban J connectivity index is 4.62. The molecule has 0 bridgehead atoms. The summed E-state index contributed by atoms with van der Waals surface area (Å²) in [6.45, 7) is 2.41. The second kappa shape index (κ2) is 76.8. The van der Waals surface area contributed by atoms with Crippen LogP contribution in [0, 0.1) is 0 Å². The first kappa shape index (κ1) is 98.2. The van der Waals surface area contributed by atoms with E-state index in [1.54, 1.807) is 0 Å². The molecule has 0 aliphatic rings. The third-order valence-corrected chi connectivity index (χ3v) is 18.1. The minimum atomic E-state index is -4.94. The maximum absolute atomic E-state index is 13.0. The Kier molecular flexibility index (Phi) is 73.2. The third-order valence-electron chi connectivity index (χ3n) is 16.2. The fourth-order valence-electron chi connectivity index (χ4n) is 10.2. The van der Waals surface area contributed by atoms with Gasteiger partial charge in [-0.2, -0.15) is 0 Å². The molecule has 16 nitrogen and oxygen atoms in total. The molecule has 18 heteroatoms. The van der Waals surface area contributed by atoms with Gasteiger partial charge in [-0.15, -0.1) is 0 Å². The first-order chi connectivity index (χ1) is 50.2. The van der Waals surface area contributed by atoms with E-state index in [1.165, 1.54) is 57.8 Å². The van der Waals surface area contributed by atoms with Crippen LogP contribution in [0.1, 0.15) is 303 Å². The lowest BCUT2D eigenvalue weighted by molar-refractivity contribution is -0.161. The minimum absolute atomic E-state index is 0.0870. The molecular weight excluding hydrogens is 1340 g/mol. The number of phosphoric acid groups is 2. The second-order valence-corrected chi connectivity index (χ2v) is 29.0. The number of carbonyl (C=O) groups is 3. The first-order valence-electron chi connectivity index (χ1n) is 39.8. The van der Waals surface area contributed by atoms with E-state index in [0.717, 1.165) is 186 Å². The second-order valence-electron chi connectivity index (χ2n) is 26.1. The van der Waals surface area contributed by atoms with E-state index in [9.17, 15) is 43.5 Å². The van der Waals surface area contributed by atoms with Crippen molar-refractivity contribution in [1.82, 2.24) is 0 Å². The van der Waals surface area contributed by atoms with Gasteiger partial charge in [0.15, 0.2) is 6.10 Å². The number of ether oxygens (including phenoxy) is 3. The van der Waals surface area contributed by atoms with E-state index in [1.807, 2.05) is 0 Å². The van der Waals surface area contributed by atoms with E-state index in [4.69, 9.17) is 32.3 Å². The third kappa shape index (κ3) is 78.1. The van der Waals surface area contributed by atoms with Gasteiger partial charge in [0.1, 0.15) is 25.4 Å². The zero-order chi connectivity index (χ0) is 75.2. The fraction of sp³-hybridized carbons (Fsp3) is 0.659. The van der Waals surface area contributed by atoms with Crippen LogP contribution in [0.25, 0.3) is 0 Å². The zero-order valence-electron chi connectivity index (χ0n) is 64.2. The van der Waals surface area contributed by atoms with E-state index in [-0.39, 0.29) is 19.3 Å². The van der Waals surface area contributed by atoms with Crippen LogP contribution in [0.3, 0.4) is 0 Å². The maximum atomic E-state index is 13.0. The lowest BCUT2D eigenvalue weighted by atomic mass is 10.1. The van der Waals surface area contributed by atoms with Crippen LogP contribution < -0.4 is 0 Å². The summed E-state index contributed by atoms with van der Waals surface area (Å²) < 4.78 is 61.2. The normalized spacial score (nSPS) is 14.8. The van der Waals surface area contributed by atoms with Crippen LogP contribution in [-0.2, 0) is 55.8 Å². The van der Waals surface area contributed by atoms with E-state index in [0.29, 0.717) is 19.3 Å². The first-order valence-corrected chi connectivity index (χ1v) is 42.8. The Hall–Kier alpha value is -4.83. The van der Waals surface area contributed by atoms with Crippen LogP contribution in [-0.4, -0.2) is 95.9 Å². The topological polar surface area (TPSA) is 231 Å². The van der Waals surface area contributed by atoms with Crippen LogP contribution in [0.5, 0.6) is 0 Å². The van der Waals surface area contributed by atoms with Gasteiger partial charge < -0.3 is 34.2 Å². The number of carbonyl (C=O) groups excluding carboxylic acids is 3. The molecule has 5 unspecified atom stereocenters. The van der Waals surface area contributed by atoms with E-state index < -0.39 is 91.5 Å². The quantitative estimate of drug-likeness (QED) is 0.0146. The predicted octanol–water partition coefficient (Wildman–Crippen LogP) is 23.4. The summed E-state index contributed by atoms with van der Waals surface area (Å²) >= 11 is 0. The highest BCUT2D eigenvalue weighted by atomic mass is 31.2. The molecule has 0 aromatic carbocycles. The van der Waals surface area contributed by atoms with Crippen molar-refractivity contribution >= 4 is 33.6 Å². The number of allylic oxidation sites excluding steroid dienone is 26. The van der Waals surface area contributed by atoms with Gasteiger partial charge in [0.05, 0.1) is 26.4 Å². The maximum Gasteiger partial charge on any atom is 0.472 e. The SMILES string of the molecule is CC/C=C\C/C=C\C/C=C\C/C=C\C/C=C\C/C=C\CCCCCCCCCCC(=O)OCC(O)COP(=O)(O)OCC(O)COP(=O)(O)OCC(COC(=O)CCCCCCCC/C=C\C/C=C\C/C=C\C/C=C\C/C=C\C/C=C\CC)OC(=O)CCCCCCC/C=C\CCCCCCCC. The van der Waals surface area contributed by atoms with Crippen LogP contribution >= 0.6 is 15.6 Å². The van der Waals surface area contributed by atoms with Gasteiger partial charge in [-0.3, -0.25) is 32.5 Å². The largest absolute Gasteiger partial charge is 0.472 e. The lowest BCUT2D eigenvalue weighted by Crippen LogP contribution is -2.30. The molecule has 0 spiro atoms. The van der Waals surface area contributed by atoms with Crippen molar-refractivity contribution in [1.29, 1.82) is 0 Å². The molecule has 0 saturated heterocycles. The van der Waals surface area contributed by atoms with Crippen molar-refractivity contribution < 1.29 is 75.8 Å². The molecule has 588 valence electrons. The molecule has 0 fully saturated rings. The Morgan fingerprint density at radius 2 is 0.515 bits per heavy atom. The zero-order valence-corrected chi connectivity index (χ0v) is 66.0.